The van der Waals surface area contributed by atoms with Crippen molar-refractivity contribution >= 4 is 43.1 Å². The lowest BCUT2D eigenvalue weighted by Gasteiger charge is -2.11. The minimum absolute atomic E-state index is 0.0170. The summed E-state index contributed by atoms with van der Waals surface area (Å²) in [6.45, 7) is 2.23. The number of fused-ring (bicyclic) bond motifs is 1. The average Bonchev–Trinajstić information content (AvgIpc) is 3.23. The molecular weight excluding hydrogens is 446 g/mol. The third-order valence-electron chi connectivity index (χ3n) is 5.19. The fourth-order valence-corrected chi connectivity index (χ4v) is 6.60. The third-order valence-corrected chi connectivity index (χ3v) is 8.23. The molecule has 0 saturated carbocycles. The van der Waals surface area contributed by atoms with Crippen LogP contribution in [0.15, 0.2) is 24.5 Å². The molecule has 2 N–H and O–H groups in total. The standard InChI is InChI=1S/C20H20F2N4O3S2/c1-11-16-18(23-7-12-2-3-31(28,29)9-12)25-10-26-20(16)30-17(11)19(27)24-8-13-4-14(21)6-15(22)5-13/h4-6,10,12H,2-3,7-9H2,1H3,(H,24,27)(H,23,25,26). The highest BCUT2D eigenvalue weighted by molar-refractivity contribution is 7.91. The largest absolute Gasteiger partial charge is 0.369 e. The van der Waals surface area contributed by atoms with Crippen molar-refractivity contribution in [1.29, 1.82) is 0 Å². The van der Waals surface area contributed by atoms with Crippen LogP contribution in [0.4, 0.5) is 14.6 Å². The number of thiophene rings is 1. The van der Waals surface area contributed by atoms with Crippen molar-refractivity contribution in [2.75, 3.05) is 23.4 Å². The predicted octanol–water partition coefficient (Wildman–Crippen LogP) is 3.05. The van der Waals surface area contributed by atoms with Crippen molar-refractivity contribution in [3.63, 3.8) is 0 Å². The zero-order valence-electron chi connectivity index (χ0n) is 16.6. The normalized spacial score (nSPS) is 17.7. The van der Waals surface area contributed by atoms with Gasteiger partial charge >= 0.3 is 0 Å². The first kappa shape index (κ1) is 21.6. The van der Waals surface area contributed by atoms with E-state index in [1.807, 2.05) is 0 Å². The number of amides is 1. The average molecular weight is 467 g/mol. The van der Waals surface area contributed by atoms with Crippen molar-refractivity contribution in [2.24, 2.45) is 5.92 Å². The van der Waals surface area contributed by atoms with E-state index in [9.17, 15) is 22.0 Å². The molecule has 0 bridgehead atoms. The van der Waals surface area contributed by atoms with Crippen molar-refractivity contribution in [3.8, 4) is 0 Å². The molecule has 0 spiro atoms. The number of hydrogen-bond donors (Lipinski definition) is 2. The Kier molecular flexibility index (Phi) is 5.89. The lowest BCUT2D eigenvalue weighted by atomic mass is 10.1. The van der Waals surface area contributed by atoms with Gasteiger partial charge in [-0.25, -0.2) is 27.2 Å². The molecule has 1 atom stereocenters. The van der Waals surface area contributed by atoms with Crippen molar-refractivity contribution in [3.05, 3.63) is 52.2 Å². The van der Waals surface area contributed by atoms with E-state index in [-0.39, 0.29) is 29.9 Å². The maximum Gasteiger partial charge on any atom is 0.261 e. The molecule has 1 fully saturated rings. The molecule has 31 heavy (non-hydrogen) atoms. The summed E-state index contributed by atoms with van der Waals surface area (Å²) < 4.78 is 50.0. The second-order valence-electron chi connectivity index (χ2n) is 7.57. The zero-order valence-corrected chi connectivity index (χ0v) is 18.2. The van der Waals surface area contributed by atoms with E-state index in [2.05, 4.69) is 20.6 Å². The van der Waals surface area contributed by atoms with Gasteiger partial charge in [-0.3, -0.25) is 4.79 Å². The number of benzene rings is 1. The molecule has 164 valence electrons. The summed E-state index contributed by atoms with van der Waals surface area (Å²) in [6, 6.07) is 3.10. The summed E-state index contributed by atoms with van der Waals surface area (Å²) in [4.78, 5) is 22.3. The van der Waals surface area contributed by atoms with Crippen LogP contribution < -0.4 is 10.6 Å². The van der Waals surface area contributed by atoms with Gasteiger partial charge in [0.05, 0.1) is 21.8 Å². The Hall–Kier alpha value is -2.66. The molecule has 1 aliphatic rings. The maximum absolute atomic E-state index is 13.3. The van der Waals surface area contributed by atoms with E-state index in [1.54, 1.807) is 6.92 Å². The van der Waals surface area contributed by atoms with Gasteiger partial charge in [0.15, 0.2) is 9.84 Å². The van der Waals surface area contributed by atoms with Crippen LogP contribution >= 0.6 is 11.3 Å². The summed E-state index contributed by atoms with van der Waals surface area (Å²) >= 11 is 1.20. The van der Waals surface area contributed by atoms with Gasteiger partial charge < -0.3 is 10.6 Å². The molecule has 1 amide bonds. The van der Waals surface area contributed by atoms with E-state index in [1.165, 1.54) is 17.7 Å². The molecule has 1 saturated heterocycles. The molecule has 3 aromatic rings. The molecule has 2 aromatic heterocycles. The maximum atomic E-state index is 13.3. The molecule has 1 aliphatic heterocycles. The summed E-state index contributed by atoms with van der Waals surface area (Å²) in [5, 5.41) is 6.59. The Balaban J connectivity index is 1.50. The Labute approximate surface area is 181 Å². The van der Waals surface area contributed by atoms with Crippen LogP contribution in [0.3, 0.4) is 0 Å². The van der Waals surface area contributed by atoms with Crippen LogP contribution in [-0.2, 0) is 16.4 Å². The molecule has 1 aromatic carbocycles. The van der Waals surface area contributed by atoms with Crippen LogP contribution in [0.2, 0.25) is 0 Å². The van der Waals surface area contributed by atoms with Gasteiger partial charge in [0.1, 0.15) is 28.6 Å². The van der Waals surface area contributed by atoms with Gasteiger partial charge in [-0.1, -0.05) is 0 Å². The lowest BCUT2D eigenvalue weighted by molar-refractivity contribution is 0.0954. The molecule has 3 heterocycles. The zero-order chi connectivity index (χ0) is 22.2. The minimum atomic E-state index is -2.96. The fraction of sp³-hybridized carbons (Fsp3) is 0.350. The van der Waals surface area contributed by atoms with Crippen LogP contribution in [0.25, 0.3) is 10.2 Å². The highest BCUT2D eigenvalue weighted by Crippen LogP contribution is 2.33. The quantitative estimate of drug-likeness (QED) is 0.579. The molecule has 0 aliphatic carbocycles. The number of rotatable bonds is 6. The summed E-state index contributed by atoms with van der Waals surface area (Å²) in [7, 11) is -2.96. The molecule has 1 unspecified atom stereocenters. The molecule has 0 radical (unpaired) electrons. The number of halogens is 2. The number of aryl methyl sites for hydroxylation is 1. The number of sulfone groups is 1. The van der Waals surface area contributed by atoms with Crippen LogP contribution in [0, 0.1) is 24.5 Å². The Morgan fingerprint density at radius 3 is 2.65 bits per heavy atom. The van der Waals surface area contributed by atoms with E-state index < -0.39 is 21.5 Å². The number of anilines is 1. The van der Waals surface area contributed by atoms with E-state index in [4.69, 9.17) is 0 Å². The molecule has 7 nitrogen and oxygen atoms in total. The SMILES string of the molecule is Cc1c(C(=O)NCc2cc(F)cc(F)c2)sc2ncnc(NCC3CCS(=O)(=O)C3)c12. The van der Waals surface area contributed by atoms with Crippen LogP contribution in [-0.4, -0.2) is 42.3 Å². The van der Waals surface area contributed by atoms with Gasteiger partial charge in [0.25, 0.3) is 5.91 Å². The summed E-state index contributed by atoms with van der Waals surface area (Å²) in [5.41, 5.74) is 1.00. The third kappa shape index (κ3) is 4.82. The minimum Gasteiger partial charge on any atom is -0.369 e. The Bertz CT molecular complexity index is 1240. The summed E-state index contributed by atoms with van der Waals surface area (Å²) in [5.74, 6) is -0.858. The first-order valence-electron chi connectivity index (χ1n) is 9.63. The predicted molar refractivity (Wildman–Crippen MR) is 115 cm³/mol. The van der Waals surface area contributed by atoms with Gasteiger partial charge in [0.2, 0.25) is 0 Å². The molecule has 4 rings (SSSR count). The van der Waals surface area contributed by atoms with Gasteiger partial charge in [-0.2, -0.15) is 0 Å². The van der Waals surface area contributed by atoms with Crippen molar-refractivity contribution in [1.82, 2.24) is 15.3 Å². The van der Waals surface area contributed by atoms with Gasteiger partial charge in [-0.05, 0) is 42.5 Å². The van der Waals surface area contributed by atoms with Crippen molar-refractivity contribution < 1.29 is 22.0 Å². The second kappa shape index (κ2) is 8.46. The smallest absolute Gasteiger partial charge is 0.261 e. The number of carbonyl (C=O) groups excluding carboxylic acids is 1. The fourth-order valence-electron chi connectivity index (χ4n) is 3.67. The second-order valence-corrected chi connectivity index (χ2v) is 10.8. The first-order valence-corrected chi connectivity index (χ1v) is 12.3. The van der Waals surface area contributed by atoms with E-state index in [0.29, 0.717) is 45.0 Å². The van der Waals surface area contributed by atoms with Crippen LogP contribution in [0.5, 0.6) is 0 Å². The number of nitrogens with one attached hydrogen (secondary N) is 2. The van der Waals surface area contributed by atoms with Gasteiger partial charge in [0, 0.05) is 19.2 Å². The highest BCUT2D eigenvalue weighted by atomic mass is 32.2. The Morgan fingerprint density at radius 1 is 1.23 bits per heavy atom. The summed E-state index contributed by atoms with van der Waals surface area (Å²) in [6.07, 6.45) is 2.00. The number of nitrogens with zero attached hydrogens (tertiary/aromatic N) is 2. The molecule has 11 heteroatoms. The molecular formula is C20H20F2N4O3S2. The monoisotopic (exact) mass is 466 g/mol. The van der Waals surface area contributed by atoms with E-state index in [0.717, 1.165) is 18.2 Å². The number of hydrogen-bond acceptors (Lipinski definition) is 7. The highest BCUT2D eigenvalue weighted by Gasteiger charge is 2.28. The number of aromatic nitrogens is 2. The first-order chi connectivity index (χ1) is 14.7. The topological polar surface area (TPSA) is 101 Å². The Morgan fingerprint density at radius 2 is 1.97 bits per heavy atom. The van der Waals surface area contributed by atoms with Gasteiger partial charge in [-0.15, -0.1) is 11.3 Å². The lowest BCUT2D eigenvalue weighted by Crippen LogP contribution is -2.22. The van der Waals surface area contributed by atoms with Crippen molar-refractivity contribution in [2.45, 2.75) is 19.9 Å². The number of carbonyl (C=O) groups is 1. The van der Waals surface area contributed by atoms with E-state index >= 15 is 0 Å². The van der Waals surface area contributed by atoms with Crippen LogP contribution in [0.1, 0.15) is 27.2 Å².